The summed E-state index contributed by atoms with van der Waals surface area (Å²) in [6.45, 7) is 2.65. The fourth-order valence-electron chi connectivity index (χ4n) is 1.94. The minimum absolute atomic E-state index is 0.210. The van der Waals surface area contributed by atoms with E-state index in [1.54, 1.807) is 14.2 Å². The van der Waals surface area contributed by atoms with Crippen LogP contribution >= 0.6 is 0 Å². The normalized spacial score (nSPS) is 14.6. The lowest BCUT2D eigenvalue weighted by Gasteiger charge is -2.41. The number of hydrogen-bond donors (Lipinski definition) is 1. The number of hydrogen-bond acceptors (Lipinski definition) is 4. The molecule has 4 nitrogen and oxygen atoms in total. The molecule has 0 aliphatic carbocycles. The van der Waals surface area contributed by atoms with E-state index in [-0.39, 0.29) is 11.8 Å². The lowest BCUT2D eigenvalue weighted by Crippen LogP contribution is -2.52. The van der Waals surface area contributed by atoms with E-state index in [2.05, 4.69) is 24.0 Å². The topological polar surface area (TPSA) is 47.7 Å². The quantitative estimate of drug-likeness (QED) is 0.752. The largest absolute Gasteiger partial charge is 0.368 e. The van der Waals surface area contributed by atoms with E-state index >= 15 is 0 Å². The SMILES string of the molecule is COC(CC(C)(CN)N(C)c1ccccc1)OC. The molecule has 0 fully saturated rings. The lowest BCUT2D eigenvalue weighted by molar-refractivity contribution is -0.115. The minimum Gasteiger partial charge on any atom is -0.368 e. The maximum absolute atomic E-state index is 5.95. The molecule has 1 rings (SSSR count). The van der Waals surface area contributed by atoms with Gasteiger partial charge in [-0.05, 0) is 19.1 Å². The van der Waals surface area contributed by atoms with Gasteiger partial charge in [-0.15, -0.1) is 0 Å². The Hall–Kier alpha value is -1.10. The van der Waals surface area contributed by atoms with Gasteiger partial charge in [0.05, 0.1) is 5.54 Å². The van der Waals surface area contributed by atoms with Crippen molar-refractivity contribution in [2.75, 3.05) is 32.7 Å². The predicted octanol–water partition coefficient (Wildman–Crippen LogP) is 1.85. The van der Waals surface area contributed by atoms with Crippen LogP contribution < -0.4 is 10.6 Å². The van der Waals surface area contributed by atoms with Crippen molar-refractivity contribution in [1.82, 2.24) is 0 Å². The van der Waals surface area contributed by atoms with Crippen molar-refractivity contribution in [3.63, 3.8) is 0 Å². The van der Waals surface area contributed by atoms with Crippen LogP contribution in [0.25, 0.3) is 0 Å². The number of nitrogens with two attached hydrogens (primary N) is 1. The van der Waals surface area contributed by atoms with Crippen molar-refractivity contribution in [2.45, 2.75) is 25.2 Å². The molecule has 0 aliphatic heterocycles. The maximum atomic E-state index is 5.95. The summed E-state index contributed by atoms with van der Waals surface area (Å²) in [5.41, 5.74) is 6.88. The Kier molecular flexibility index (Phi) is 5.59. The highest BCUT2D eigenvalue weighted by molar-refractivity contribution is 5.48. The Morgan fingerprint density at radius 2 is 1.78 bits per heavy atom. The van der Waals surface area contributed by atoms with Gasteiger partial charge < -0.3 is 20.1 Å². The molecular formula is C14H24N2O2. The van der Waals surface area contributed by atoms with Gasteiger partial charge in [0.2, 0.25) is 0 Å². The van der Waals surface area contributed by atoms with Crippen molar-refractivity contribution in [3.8, 4) is 0 Å². The van der Waals surface area contributed by atoms with Crippen LogP contribution in [-0.2, 0) is 9.47 Å². The molecule has 0 aliphatic rings. The second-order valence-corrected chi connectivity index (χ2v) is 4.70. The first-order valence-electron chi connectivity index (χ1n) is 6.12. The van der Waals surface area contributed by atoms with Gasteiger partial charge in [0, 0.05) is 39.9 Å². The molecule has 1 aromatic carbocycles. The zero-order chi connectivity index (χ0) is 13.6. The van der Waals surface area contributed by atoms with Gasteiger partial charge in [-0.2, -0.15) is 0 Å². The number of para-hydroxylation sites is 1. The van der Waals surface area contributed by atoms with E-state index in [1.165, 1.54) is 0 Å². The summed E-state index contributed by atoms with van der Waals surface area (Å²) in [5, 5.41) is 0. The smallest absolute Gasteiger partial charge is 0.159 e. The van der Waals surface area contributed by atoms with Crippen LogP contribution in [0, 0.1) is 0 Å². The molecule has 0 aromatic heterocycles. The van der Waals surface area contributed by atoms with E-state index in [9.17, 15) is 0 Å². The van der Waals surface area contributed by atoms with Gasteiger partial charge in [0.15, 0.2) is 6.29 Å². The Morgan fingerprint density at radius 1 is 1.22 bits per heavy atom. The van der Waals surface area contributed by atoms with E-state index in [0.29, 0.717) is 13.0 Å². The molecule has 1 aromatic rings. The summed E-state index contributed by atoms with van der Waals surface area (Å²) >= 11 is 0. The summed E-state index contributed by atoms with van der Waals surface area (Å²) in [6, 6.07) is 10.2. The summed E-state index contributed by atoms with van der Waals surface area (Å²) in [5.74, 6) is 0. The third-order valence-corrected chi connectivity index (χ3v) is 3.53. The molecule has 1 unspecified atom stereocenters. The maximum Gasteiger partial charge on any atom is 0.159 e. The average molecular weight is 252 g/mol. The molecule has 18 heavy (non-hydrogen) atoms. The molecule has 102 valence electrons. The van der Waals surface area contributed by atoms with Gasteiger partial charge in [-0.3, -0.25) is 0 Å². The standard InChI is InChI=1S/C14H24N2O2/c1-14(11-15,10-13(17-3)18-4)16(2)12-8-6-5-7-9-12/h5-9,13H,10-11,15H2,1-4H3. The zero-order valence-electron chi connectivity index (χ0n) is 11.7. The van der Waals surface area contributed by atoms with Crippen LogP contribution in [-0.4, -0.2) is 39.6 Å². The Bertz CT molecular complexity index is 341. The molecule has 0 bridgehead atoms. The molecule has 0 saturated carbocycles. The zero-order valence-corrected chi connectivity index (χ0v) is 11.7. The first-order valence-corrected chi connectivity index (χ1v) is 6.12. The summed E-state index contributed by atoms with van der Waals surface area (Å²) in [6.07, 6.45) is 0.465. The molecule has 0 radical (unpaired) electrons. The molecule has 0 heterocycles. The minimum atomic E-state index is -0.246. The number of benzene rings is 1. The van der Waals surface area contributed by atoms with Crippen LogP contribution in [0.15, 0.2) is 30.3 Å². The number of nitrogens with zero attached hydrogens (tertiary/aromatic N) is 1. The number of methoxy groups -OCH3 is 2. The van der Waals surface area contributed by atoms with Crippen molar-refractivity contribution in [2.24, 2.45) is 5.73 Å². The van der Waals surface area contributed by atoms with Crippen molar-refractivity contribution < 1.29 is 9.47 Å². The second kappa shape index (κ2) is 6.73. The Balaban J connectivity index is 2.86. The third-order valence-electron chi connectivity index (χ3n) is 3.53. The number of rotatable bonds is 7. The van der Waals surface area contributed by atoms with Crippen molar-refractivity contribution >= 4 is 5.69 Å². The molecule has 0 amide bonds. The highest BCUT2D eigenvalue weighted by Gasteiger charge is 2.31. The van der Waals surface area contributed by atoms with Crippen LogP contribution in [0.3, 0.4) is 0 Å². The Labute approximate surface area is 110 Å². The van der Waals surface area contributed by atoms with Crippen LogP contribution in [0.1, 0.15) is 13.3 Å². The monoisotopic (exact) mass is 252 g/mol. The second-order valence-electron chi connectivity index (χ2n) is 4.70. The van der Waals surface area contributed by atoms with Gasteiger partial charge in [-0.25, -0.2) is 0 Å². The van der Waals surface area contributed by atoms with Gasteiger partial charge >= 0.3 is 0 Å². The first kappa shape index (κ1) is 15.0. The Morgan fingerprint density at radius 3 is 2.22 bits per heavy atom. The van der Waals surface area contributed by atoms with Crippen LogP contribution in [0.4, 0.5) is 5.69 Å². The van der Waals surface area contributed by atoms with Gasteiger partial charge in [0.25, 0.3) is 0 Å². The number of likely N-dealkylation sites (N-methyl/N-ethyl adjacent to an activating group) is 1. The van der Waals surface area contributed by atoms with Gasteiger partial charge in [0.1, 0.15) is 0 Å². The van der Waals surface area contributed by atoms with Gasteiger partial charge in [-0.1, -0.05) is 18.2 Å². The third kappa shape index (κ3) is 3.45. The molecule has 2 N–H and O–H groups in total. The van der Waals surface area contributed by atoms with E-state index < -0.39 is 0 Å². The number of anilines is 1. The lowest BCUT2D eigenvalue weighted by atomic mass is 9.94. The molecular weight excluding hydrogens is 228 g/mol. The number of ether oxygens (including phenoxy) is 2. The first-order chi connectivity index (χ1) is 8.57. The highest BCUT2D eigenvalue weighted by Crippen LogP contribution is 2.26. The van der Waals surface area contributed by atoms with E-state index in [0.717, 1.165) is 5.69 Å². The highest BCUT2D eigenvalue weighted by atomic mass is 16.7. The fraction of sp³-hybridized carbons (Fsp3) is 0.571. The van der Waals surface area contributed by atoms with Crippen LogP contribution in [0.2, 0.25) is 0 Å². The summed E-state index contributed by atoms with van der Waals surface area (Å²) in [7, 11) is 5.34. The van der Waals surface area contributed by atoms with Crippen LogP contribution in [0.5, 0.6) is 0 Å². The summed E-state index contributed by atoms with van der Waals surface area (Å²) in [4.78, 5) is 2.18. The van der Waals surface area contributed by atoms with E-state index in [1.807, 2.05) is 25.2 Å². The molecule has 1 atom stereocenters. The molecule has 0 spiro atoms. The van der Waals surface area contributed by atoms with Crippen molar-refractivity contribution in [1.29, 1.82) is 0 Å². The van der Waals surface area contributed by atoms with E-state index in [4.69, 9.17) is 15.2 Å². The fourth-order valence-corrected chi connectivity index (χ4v) is 1.94. The molecule has 4 heteroatoms. The molecule has 0 saturated heterocycles. The average Bonchev–Trinajstić information content (AvgIpc) is 2.44. The van der Waals surface area contributed by atoms with Crippen molar-refractivity contribution in [3.05, 3.63) is 30.3 Å². The summed E-state index contributed by atoms with van der Waals surface area (Å²) < 4.78 is 10.6. The predicted molar refractivity (Wildman–Crippen MR) is 74.7 cm³/mol.